The Bertz CT molecular complexity index is 997. The molecule has 5 heteroatoms. The van der Waals surface area contributed by atoms with Gasteiger partial charge in [0, 0.05) is 33.6 Å². The second-order valence-electron chi connectivity index (χ2n) is 6.77. The average molecular weight is 394 g/mol. The van der Waals surface area contributed by atoms with Gasteiger partial charge in [-0.15, -0.1) is 0 Å². The fourth-order valence-electron chi connectivity index (χ4n) is 3.00. The molecule has 0 saturated carbocycles. The van der Waals surface area contributed by atoms with Crippen LogP contribution in [0.1, 0.15) is 37.4 Å². The third kappa shape index (κ3) is 5.33. The minimum absolute atomic E-state index is 0.211. The molecule has 144 valence electrons. The lowest BCUT2D eigenvalue weighted by atomic mass is 10.1. The number of fused-ring (bicyclic) bond motifs is 1. The Kier molecular flexibility index (Phi) is 6.66. The zero-order chi connectivity index (χ0) is 19.9. The number of benzene rings is 2. The molecule has 3 rings (SSSR count). The van der Waals surface area contributed by atoms with Crippen LogP contribution in [0.5, 0.6) is 0 Å². The van der Waals surface area contributed by atoms with E-state index >= 15 is 0 Å². The molecule has 3 N–H and O–H groups in total. The van der Waals surface area contributed by atoms with Crippen LogP contribution in [0.2, 0.25) is 5.02 Å². The summed E-state index contributed by atoms with van der Waals surface area (Å²) in [6.07, 6.45) is 7.65. The van der Waals surface area contributed by atoms with Crippen LogP contribution < -0.4 is 11.1 Å². The molecular weight excluding hydrogens is 370 g/mol. The maximum Gasteiger partial charge on any atom is 0.248 e. The van der Waals surface area contributed by atoms with E-state index in [1.807, 2.05) is 36.4 Å². The Hall–Kier alpha value is -2.85. The largest absolute Gasteiger partial charge is 0.398 e. The van der Waals surface area contributed by atoms with Gasteiger partial charge in [0.15, 0.2) is 0 Å². The number of aromatic nitrogens is 1. The predicted octanol–water partition coefficient (Wildman–Crippen LogP) is 5.86. The first kappa shape index (κ1) is 19.9. The van der Waals surface area contributed by atoms with Crippen molar-refractivity contribution in [1.82, 2.24) is 4.98 Å². The molecule has 1 amide bonds. The van der Waals surface area contributed by atoms with Gasteiger partial charge in [-0.25, -0.2) is 0 Å². The van der Waals surface area contributed by atoms with Crippen molar-refractivity contribution in [3.05, 3.63) is 70.9 Å². The molecule has 0 saturated heterocycles. The van der Waals surface area contributed by atoms with Crippen molar-refractivity contribution in [3.63, 3.8) is 0 Å². The normalized spacial score (nSPS) is 11.2. The van der Waals surface area contributed by atoms with E-state index in [-0.39, 0.29) is 5.91 Å². The van der Waals surface area contributed by atoms with Crippen molar-refractivity contribution >= 4 is 45.9 Å². The summed E-state index contributed by atoms with van der Waals surface area (Å²) in [6.45, 7) is 2.18. The van der Waals surface area contributed by atoms with E-state index in [1.165, 1.54) is 18.9 Å². The number of carbonyl (C=O) groups excluding carboxylic acids is 1. The molecule has 0 spiro atoms. The van der Waals surface area contributed by atoms with Crippen LogP contribution in [0.25, 0.3) is 17.0 Å². The van der Waals surface area contributed by atoms with Crippen molar-refractivity contribution in [2.75, 3.05) is 11.1 Å². The van der Waals surface area contributed by atoms with Gasteiger partial charge in [0.1, 0.15) is 0 Å². The van der Waals surface area contributed by atoms with Crippen LogP contribution in [-0.4, -0.2) is 10.9 Å². The zero-order valence-corrected chi connectivity index (χ0v) is 16.7. The first-order chi connectivity index (χ1) is 13.5. The summed E-state index contributed by atoms with van der Waals surface area (Å²) in [4.78, 5) is 16.9. The third-order valence-corrected chi connectivity index (χ3v) is 4.75. The minimum atomic E-state index is -0.211. The van der Waals surface area contributed by atoms with E-state index in [9.17, 15) is 4.79 Å². The van der Waals surface area contributed by atoms with Crippen LogP contribution >= 0.6 is 11.6 Å². The number of nitrogens with one attached hydrogen (secondary N) is 1. The Morgan fingerprint density at radius 2 is 1.93 bits per heavy atom. The summed E-state index contributed by atoms with van der Waals surface area (Å²) >= 11 is 5.86. The van der Waals surface area contributed by atoms with E-state index in [0.29, 0.717) is 16.4 Å². The summed E-state index contributed by atoms with van der Waals surface area (Å²) in [5, 5.41) is 4.37. The second kappa shape index (κ2) is 9.38. The molecule has 4 nitrogen and oxygen atoms in total. The smallest absolute Gasteiger partial charge is 0.248 e. The van der Waals surface area contributed by atoms with Gasteiger partial charge < -0.3 is 11.1 Å². The molecule has 0 radical (unpaired) electrons. The number of aryl methyl sites for hydroxylation is 1. The quantitative estimate of drug-likeness (QED) is 0.390. The first-order valence-electron chi connectivity index (χ1n) is 9.49. The van der Waals surface area contributed by atoms with E-state index in [1.54, 1.807) is 18.2 Å². The van der Waals surface area contributed by atoms with Gasteiger partial charge in [0.2, 0.25) is 5.91 Å². The maximum absolute atomic E-state index is 12.2. The van der Waals surface area contributed by atoms with Gasteiger partial charge in [-0.3, -0.25) is 9.78 Å². The molecule has 28 heavy (non-hydrogen) atoms. The summed E-state index contributed by atoms with van der Waals surface area (Å²) in [5.41, 5.74) is 10.4. The summed E-state index contributed by atoms with van der Waals surface area (Å²) in [7, 11) is 0. The summed E-state index contributed by atoms with van der Waals surface area (Å²) in [6, 6.07) is 14.8. The number of amides is 1. The molecule has 1 aromatic heterocycles. The van der Waals surface area contributed by atoms with Crippen molar-refractivity contribution in [3.8, 4) is 0 Å². The standard InChI is InChI=1S/C23H24ClN3O/c1-2-3-4-5-18-15-21(25)20-14-19(11-12-22(20)26-18)27-23(28)13-8-16-6-9-17(24)10-7-16/h6-15H,2-5H2,1H3,(H2,25,26)(H,27,28). The van der Waals surface area contributed by atoms with E-state index in [0.717, 1.165) is 35.0 Å². The second-order valence-corrected chi connectivity index (χ2v) is 7.20. The van der Waals surface area contributed by atoms with Crippen molar-refractivity contribution in [1.29, 1.82) is 0 Å². The Balaban J connectivity index is 1.71. The average Bonchev–Trinajstić information content (AvgIpc) is 2.68. The number of unbranched alkanes of at least 4 members (excludes halogenated alkanes) is 2. The molecule has 0 bridgehead atoms. The number of halogens is 1. The molecule has 0 aliphatic heterocycles. The van der Waals surface area contributed by atoms with Crippen molar-refractivity contribution < 1.29 is 4.79 Å². The number of anilines is 2. The van der Waals surface area contributed by atoms with E-state index < -0.39 is 0 Å². The van der Waals surface area contributed by atoms with Gasteiger partial charge in [-0.05, 0) is 60.9 Å². The summed E-state index contributed by atoms with van der Waals surface area (Å²) in [5.74, 6) is -0.211. The fourth-order valence-corrected chi connectivity index (χ4v) is 3.13. The predicted molar refractivity (Wildman–Crippen MR) is 119 cm³/mol. The van der Waals surface area contributed by atoms with Gasteiger partial charge in [0.25, 0.3) is 0 Å². The molecular formula is C23H24ClN3O. The number of nitrogens with two attached hydrogens (primary N) is 1. The number of rotatable bonds is 7. The van der Waals surface area contributed by atoms with E-state index in [2.05, 4.69) is 12.2 Å². The van der Waals surface area contributed by atoms with Gasteiger partial charge in [-0.1, -0.05) is 43.5 Å². The molecule has 2 aromatic carbocycles. The monoisotopic (exact) mass is 393 g/mol. The Labute approximate surface area is 170 Å². The number of nitrogen functional groups attached to an aromatic ring is 1. The molecule has 0 fully saturated rings. The van der Waals surface area contributed by atoms with Gasteiger partial charge >= 0.3 is 0 Å². The highest BCUT2D eigenvalue weighted by Gasteiger charge is 2.06. The van der Waals surface area contributed by atoms with Gasteiger partial charge in [0.05, 0.1) is 5.52 Å². The molecule has 0 aliphatic rings. The topological polar surface area (TPSA) is 68.0 Å². The summed E-state index contributed by atoms with van der Waals surface area (Å²) < 4.78 is 0. The Morgan fingerprint density at radius 3 is 2.68 bits per heavy atom. The molecule has 3 aromatic rings. The highest BCUT2D eigenvalue weighted by Crippen LogP contribution is 2.25. The van der Waals surface area contributed by atoms with Crippen LogP contribution in [0.15, 0.2) is 54.6 Å². The lowest BCUT2D eigenvalue weighted by Crippen LogP contribution is -2.08. The highest BCUT2D eigenvalue weighted by atomic mass is 35.5. The third-order valence-electron chi connectivity index (χ3n) is 4.49. The number of nitrogens with zero attached hydrogens (tertiary/aromatic N) is 1. The van der Waals surface area contributed by atoms with Crippen molar-refractivity contribution in [2.45, 2.75) is 32.6 Å². The number of hydrogen-bond donors (Lipinski definition) is 2. The molecule has 0 atom stereocenters. The maximum atomic E-state index is 12.2. The van der Waals surface area contributed by atoms with Crippen LogP contribution in [0.3, 0.4) is 0 Å². The molecule has 0 unspecified atom stereocenters. The van der Waals surface area contributed by atoms with Crippen LogP contribution in [-0.2, 0) is 11.2 Å². The number of hydrogen-bond acceptors (Lipinski definition) is 3. The lowest BCUT2D eigenvalue weighted by molar-refractivity contribution is -0.111. The lowest BCUT2D eigenvalue weighted by Gasteiger charge is -2.09. The number of pyridine rings is 1. The van der Waals surface area contributed by atoms with Crippen LogP contribution in [0, 0.1) is 0 Å². The fraction of sp³-hybridized carbons (Fsp3) is 0.217. The minimum Gasteiger partial charge on any atom is -0.398 e. The zero-order valence-electron chi connectivity index (χ0n) is 15.9. The van der Waals surface area contributed by atoms with Gasteiger partial charge in [-0.2, -0.15) is 0 Å². The highest BCUT2D eigenvalue weighted by molar-refractivity contribution is 6.30. The molecule has 0 aliphatic carbocycles. The Morgan fingerprint density at radius 1 is 1.14 bits per heavy atom. The first-order valence-corrected chi connectivity index (χ1v) is 9.87. The van der Waals surface area contributed by atoms with Crippen molar-refractivity contribution in [2.24, 2.45) is 0 Å². The number of carbonyl (C=O) groups is 1. The SMILES string of the molecule is CCCCCc1cc(N)c2cc(NC(=O)C=Cc3ccc(Cl)cc3)ccc2n1. The molecule has 1 heterocycles. The van der Waals surface area contributed by atoms with E-state index in [4.69, 9.17) is 22.3 Å². The van der Waals surface area contributed by atoms with Crippen LogP contribution in [0.4, 0.5) is 11.4 Å².